The van der Waals surface area contributed by atoms with Crippen LogP contribution >= 0.6 is 27.3 Å². The fourth-order valence-electron chi connectivity index (χ4n) is 0.755. The molecule has 1 rings (SSSR count). The van der Waals surface area contributed by atoms with E-state index in [4.69, 9.17) is 9.90 Å². The smallest absolute Gasteiger partial charge is 0.313 e. The van der Waals surface area contributed by atoms with Crippen molar-refractivity contribution in [3.63, 3.8) is 0 Å². The second kappa shape index (κ2) is 16.8. The Bertz CT molecular complexity index is 411. The Morgan fingerprint density at radius 1 is 1.19 bits per heavy atom. The van der Waals surface area contributed by atoms with Crippen molar-refractivity contribution in [2.75, 3.05) is 7.11 Å². The van der Waals surface area contributed by atoms with E-state index >= 15 is 0 Å². The van der Waals surface area contributed by atoms with E-state index in [0.717, 1.165) is 10.7 Å². The molecule has 7 heteroatoms. The molecule has 0 aliphatic rings. The summed E-state index contributed by atoms with van der Waals surface area (Å²) in [5.74, 6) is -1.54. The van der Waals surface area contributed by atoms with Crippen LogP contribution < -0.4 is 0 Å². The van der Waals surface area contributed by atoms with Crippen LogP contribution in [0.2, 0.25) is 0 Å². The molecule has 122 valence electrons. The molecule has 0 aromatic carbocycles. The van der Waals surface area contributed by atoms with Crippen molar-refractivity contribution in [3.8, 4) is 0 Å². The lowest BCUT2D eigenvalue weighted by molar-refractivity contribution is -0.139. The number of halogens is 1. The SMILES string of the molecule is CC.CC.CC(=O)O.COC(=O)CC(=O)c1ccc(Br)s1. The zero-order valence-electron chi connectivity index (χ0n) is 13.2. The maximum absolute atomic E-state index is 11.3. The molecule has 0 saturated heterocycles. The van der Waals surface area contributed by atoms with Crippen LogP contribution in [-0.4, -0.2) is 29.9 Å². The van der Waals surface area contributed by atoms with Gasteiger partial charge in [0.2, 0.25) is 0 Å². The number of Topliss-reactive ketones (excluding diaryl/α,β-unsaturated/α-hetero) is 1. The van der Waals surface area contributed by atoms with Gasteiger partial charge in [0.25, 0.3) is 5.97 Å². The summed E-state index contributed by atoms with van der Waals surface area (Å²) in [7, 11) is 1.26. The molecule has 1 aromatic rings. The first-order valence-corrected chi connectivity index (χ1v) is 8.02. The molecule has 0 amide bonds. The predicted octanol–water partition coefficient (Wildman–Crippen LogP) is 4.40. The van der Waals surface area contributed by atoms with Gasteiger partial charge in [-0.2, -0.15) is 0 Å². The van der Waals surface area contributed by atoms with Gasteiger partial charge in [0.05, 0.1) is 15.8 Å². The zero-order valence-corrected chi connectivity index (χ0v) is 15.6. The first-order valence-electron chi connectivity index (χ1n) is 6.41. The van der Waals surface area contributed by atoms with Crippen molar-refractivity contribution in [3.05, 3.63) is 20.8 Å². The third-order valence-electron chi connectivity index (χ3n) is 1.38. The minimum atomic E-state index is -0.833. The van der Waals surface area contributed by atoms with Gasteiger partial charge < -0.3 is 9.84 Å². The summed E-state index contributed by atoms with van der Waals surface area (Å²) >= 11 is 4.54. The van der Waals surface area contributed by atoms with Gasteiger partial charge in [-0.05, 0) is 28.1 Å². The Morgan fingerprint density at radius 2 is 1.62 bits per heavy atom. The van der Waals surface area contributed by atoms with Crippen LogP contribution in [-0.2, 0) is 14.3 Å². The van der Waals surface area contributed by atoms with Gasteiger partial charge in [0.15, 0.2) is 5.78 Å². The van der Waals surface area contributed by atoms with E-state index in [1.54, 1.807) is 12.1 Å². The van der Waals surface area contributed by atoms with Crippen LogP contribution in [0.4, 0.5) is 0 Å². The Labute approximate surface area is 138 Å². The molecule has 1 N–H and O–H groups in total. The number of carboxylic acids is 1. The van der Waals surface area contributed by atoms with Crippen molar-refractivity contribution in [2.24, 2.45) is 0 Å². The average molecular weight is 383 g/mol. The van der Waals surface area contributed by atoms with Crippen molar-refractivity contribution in [2.45, 2.75) is 41.0 Å². The molecule has 0 saturated carbocycles. The van der Waals surface area contributed by atoms with Crippen LogP contribution in [0.3, 0.4) is 0 Å². The fraction of sp³-hybridized carbons (Fsp3) is 0.500. The second-order valence-corrected chi connectivity index (χ2v) is 5.26. The first-order chi connectivity index (χ1) is 9.86. The van der Waals surface area contributed by atoms with Gasteiger partial charge in [-0.1, -0.05) is 27.7 Å². The molecule has 0 atom stereocenters. The standard InChI is InChI=1S/C8H7BrO3S.C2H4O2.2C2H6/c1-12-8(11)4-5(10)6-2-3-7(9)13-6;1-2(3)4;2*1-2/h2-3H,4H2,1H3;1H3,(H,3,4);2*1-2H3. The van der Waals surface area contributed by atoms with Gasteiger partial charge >= 0.3 is 5.97 Å². The maximum Gasteiger partial charge on any atom is 0.313 e. The summed E-state index contributed by atoms with van der Waals surface area (Å²) in [6.45, 7) is 9.08. The van der Waals surface area contributed by atoms with Crippen molar-refractivity contribution >= 4 is 45.0 Å². The molecule has 0 bridgehead atoms. The van der Waals surface area contributed by atoms with E-state index in [9.17, 15) is 9.59 Å². The van der Waals surface area contributed by atoms with Crippen molar-refractivity contribution in [1.29, 1.82) is 0 Å². The lowest BCUT2D eigenvalue weighted by Crippen LogP contribution is -2.07. The van der Waals surface area contributed by atoms with Gasteiger partial charge in [-0.25, -0.2) is 0 Å². The highest BCUT2D eigenvalue weighted by molar-refractivity contribution is 9.11. The second-order valence-electron chi connectivity index (χ2n) is 2.80. The molecule has 0 unspecified atom stereocenters. The Balaban J connectivity index is -0.000000343. The predicted molar refractivity (Wildman–Crippen MR) is 89.0 cm³/mol. The quantitative estimate of drug-likeness (QED) is 0.475. The van der Waals surface area contributed by atoms with E-state index in [2.05, 4.69) is 20.7 Å². The van der Waals surface area contributed by atoms with Gasteiger partial charge in [0.1, 0.15) is 6.42 Å². The minimum absolute atomic E-state index is 0.191. The highest BCUT2D eigenvalue weighted by Crippen LogP contribution is 2.23. The van der Waals surface area contributed by atoms with E-state index in [0.29, 0.717) is 4.88 Å². The Morgan fingerprint density at radius 3 is 1.90 bits per heavy atom. The number of rotatable bonds is 3. The number of ketones is 1. The number of hydrogen-bond donors (Lipinski definition) is 1. The largest absolute Gasteiger partial charge is 0.481 e. The van der Waals surface area contributed by atoms with Crippen LogP contribution in [0.15, 0.2) is 15.9 Å². The summed E-state index contributed by atoms with van der Waals surface area (Å²) in [5, 5.41) is 7.42. The molecule has 0 radical (unpaired) electrons. The summed E-state index contributed by atoms with van der Waals surface area (Å²) in [4.78, 5) is 31.6. The molecule has 0 spiro atoms. The number of methoxy groups -OCH3 is 1. The molecule has 1 aromatic heterocycles. The van der Waals surface area contributed by atoms with E-state index < -0.39 is 11.9 Å². The number of hydrogen-bond acceptors (Lipinski definition) is 5. The number of aliphatic carboxylic acids is 1. The van der Waals surface area contributed by atoms with Crippen molar-refractivity contribution in [1.82, 2.24) is 0 Å². The van der Waals surface area contributed by atoms with Crippen LogP contribution in [0.1, 0.15) is 50.7 Å². The lowest BCUT2D eigenvalue weighted by atomic mass is 10.2. The Hall–Kier alpha value is -1.21. The molecule has 21 heavy (non-hydrogen) atoms. The van der Waals surface area contributed by atoms with Gasteiger partial charge in [-0.3, -0.25) is 14.4 Å². The van der Waals surface area contributed by atoms with Crippen molar-refractivity contribution < 1.29 is 24.2 Å². The number of carbonyl (C=O) groups is 3. The average Bonchev–Trinajstić information content (AvgIpc) is 2.89. The van der Waals surface area contributed by atoms with Gasteiger partial charge in [-0.15, -0.1) is 11.3 Å². The molecule has 1 heterocycles. The Kier molecular flexibility index (Phi) is 19.9. The monoisotopic (exact) mass is 382 g/mol. The highest BCUT2D eigenvalue weighted by Gasteiger charge is 2.13. The zero-order chi connectivity index (χ0) is 17.4. The fourth-order valence-corrected chi connectivity index (χ4v) is 2.08. The number of carboxylic acid groups (broad SMARTS) is 1. The number of esters is 1. The summed E-state index contributed by atoms with van der Waals surface area (Å²) in [6, 6.07) is 3.45. The summed E-state index contributed by atoms with van der Waals surface area (Å²) in [6.07, 6.45) is -0.191. The number of thiophene rings is 1. The molecule has 0 fully saturated rings. The highest BCUT2D eigenvalue weighted by atomic mass is 79.9. The summed E-state index contributed by atoms with van der Waals surface area (Å²) < 4.78 is 5.26. The van der Waals surface area contributed by atoms with Crippen LogP contribution in [0.5, 0.6) is 0 Å². The molecular weight excluding hydrogens is 360 g/mol. The maximum atomic E-state index is 11.3. The normalized spacial score (nSPS) is 7.76. The topological polar surface area (TPSA) is 80.7 Å². The first kappa shape index (κ1) is 24.8. The molecule has 0 aliphatic carbocycles. The third-order valence-corrected chi connectivity index (χ3v) is 3.05. The number of ether oxygens (including phenoxy) is 1. The van der Waals surface area contributed by atoms with E-state index in [1.807, 2.05) is 27.7 Å². The minimum Gasteiger partial charge on any atom is -0.481 e. The lowest BCUT2D eigenvalue weighted by Gasteiger charge is -1.95. The van der Waals surface area contributed by atoms with Crippen LogP contribution in [0, 0.1) is 0 Å². The van der Waals surface area contributed by atoms with E-state index in [-0.39, 0.29) is 12.2 Å². The molecule has 5 nitrogen and oxygen atoms in total. The van der Waals surface area contributed by atoms with E-state index in [1.165, 1.54) is 18.4 Å². The molecular formula is C14H23BrO5S. The van der Waals surface area contributed by atoms with Crippen LogP contribution in [0.25, 0.3) is 0 Å². The van der Waals surface area contributed by atoms with Gasteiger partial charge in [0, 0.05) is 6.92 Å². The molecule has 0 aliphatic heterocycles. The summed E-state index contributed by atoms with van der Waals surface area (Å²) in [5.41, 5.74) is 0. The number of carbonyl (C=O) groups excluding carboxylic acids is 2. The third kappa shape index (κ3) is 16.7.